The number of imidazole rings is 1. The van der Waals surface area contributed by atoms with E-state index >= 15 is 0 Å². The second kappa shape index (κ2) is 10.0. The minimum Gasteiger partial charge on any atom is -0.383 e. The van der Waals surface area contributed by atoms with Crippen LogP contribution in [0.15, 0.2) is 42.6 Å². The van der Waals surface area contributed by atoms with E-state index in [1.54, 1.807) is 7.11 Å². The first-order chi connectivity index (χ1) is 13.3. The van der Waals surface area contributed by atoms with Crippen LogP contribution in [-0.4, -0.2) is 41.4 Å². The van der Waals surface area contributed by atoms with Gasteiger partial charge >= 0.3 is 0 Å². The molecule has 0 saturated carbocycles. The van der Waals surface area contributed by atoms with Crippen molar-refractivity contribution in [3.8, 4) is 11.3 Å². The van der Waals surface area contributed by atoms with Gasteiger partial charge in [-0.25, -0.2) is 9.50 Å². The normalized spacial score (nSPS) is 11.2. The summed E-state index contributed by atoms with van der Waals surface area (Å²) in [7, 11) is 1.71. The molecule has 2 heterocycles. The number of methoxy groups -OCH3 is 1. The van der Waals surface area contributed by atoms with Crippen LogP contribution in [0.3, 0.4) is 0 Å². The largest absolute Gasteiger partial charge is 0.383 e. The number of aromatic nitrogens is 3. The van der Waals surface area contributed by atoms with Crippen molar-refractivity contribution in [1.82, 2.24) is 19.9 Å². The van der Waals surface area contributed by atoms with Gasteiger partial charge in [0.05, 0.1) is 18.5 Å². The molecule has 1 aromatic carbocycles. The summed E-state index contributed by atoms with van der Waals surface area (Å²) in [6.45, 7) is 5.56. The summed E-state index contributed by atoms with van der Waals surface area (Å²) in [6, 6.07) is 12.5. The topological polar surface area (TPSA) is 63.5 Å². The minimum absolute atomic E-state index is 0.723. The van der Waals surface area contributed by atoms with Crippen LogP contribution in [-0.2, 0) is 11.3 Å². The summed E-state index contributed by atoms with van der Waals surface area (Å²) in [6.07, 6.45) is 5.50. The second-order valence-corrected chi connectivity index (χ2v) is 6.63. The minimum atomic E-state index is 0.723. The van der Waals surface area contributed by atoms with Crippen LogP contribution >= 0.6 is 0 Å². The van der Waals surface area contributed by atoms with Crippen molar-refractivity contribution < 1.29 is 4.74 Å². The fraction of sp³-hybridized carbons (Fsp3) is 0.429. The van der Waals surface area contributed by atoms with Gasteiger partial charge in [-0.15, -0.1) is 5.10 Å². The highest BCUT2D eigenvalue weighted by molar-refractivity contribution is 5.63. The zero-order chi connectivity index (χ0) is 18.9. The smallest absolute Gasteiger partial charge is 0.154 e. The lowest BCUT2D eigenvalue weighted by molar-refractivity contribution is 0.199. The molecule has 6 heteroatoms. The van der Waals surface area contributed by atoms with Crippen molar-refractivity contribution in [2.24, 2.45) is 0 Å². The Labute approximate surface area is 161 Å². The number of unbranched alkanes of at least 4 members (excludes halogenated alkanes) is 2. The van der Waals surface area contributed by atoms with Crippen LogP contribution in [0.5, 0.6) is 0 Å². The molecule has 0 radical (unpaired) electrons. The van der Waals surface area contributed by atoms with Crippen molar-refractivity contribution in [3.05, 3.63) is 48.2 Å². The highest BCUT2D eigenvalue weighted by atomic mass is 16.5. The van der Waals surface area contributed by atoms with Crippen LogP contribution in [0.1, 0.15) is 31.7 Å². The standard InChI is InChI=1S/C21H29N5O/c1-3-4-5-12-23-20-10-11-21-24-16-19(26(21)25-20)18-8-6-17(7-9-18)15-22-13-14-27-2/h6-11,16,22H,3-5,12-15H2,1-2H3,(H,23,25). The maximum atomic E-state index is 5.05. The van der Waals surface area contributed by atoms with Gasteiger partial charge in [0, 0.05) is 32.3 Å². The van der Waals surface area contributed by atoms with Crippen molar-refractivity contribution in [1.29, 1.82) is 0 Å². The Hall–Kier alpha value is -2.44. The molecule has 0 atom stereocenters. The van der Waals surface area contributed by atoms with Crippen LogP contribution < -0.4 is 10.6 Å². The van der Waals surface area contributed by atoms with Gasteiger partial charge in [0.25, 0.3) is 0 Å². The highest BCUT2D eigenvalue weighted by Crippen LogP contribution is 2.21. The summed E-state index contributed by atoms with van der Waals surface area (Å²) >= 11 is 0. The Morgan fingerprint density at radius 1 is 1.04 bits per heavy atom. The quantitative estimate of drug-likeness (QED) is 0.506. The molecule has 0 aliphatic heterocycles. The van der Waals surface area contributed by atoms with Crippen molar-refractivity contribution in [3.63, 3.8) is 0 Å². The lowest BCUT2D eigenvalue weighted by Crippen LogP contribution is -2.18. The fourth-order valence-electron chi connectivity index (χ4n) is 2.96. The summed E-state index contributed by atoms with van der Waals surface area (Å²) in [5.41, 5.74) is 4.21. The third kappa shape index (κ3) is 5.28. The van der Waals surface area contributed by atoms with E-state index in [0.29, 0.717) is 0 Å². The van der Waals surface area contributed by atoms with Gasteiger partial charge in [-0.1, -0.05) is 44.0 Å². The molecule has 0 fully saturated rings. The molecule has 3 rings (SSSR count). The first-order valence-corrected chi connectivity index (χ1v) is 9.69. The number of benzene rings is 1. The van der Waals surface area contributed by atoms with Gasteiger partial charge in [0.1, 0.15) is 5.82 Å². The monoisotopic (exact) mass is 367 g/mol. The molecule has 27 heavy (non-hydrogen) atoms. The van der Waals surface area contributed by atoms with Crippen LogP contribution in [0.25, 0.3) is 16.9 Å². The summed E-state index contributed by atoms with van der Waals surface area (Å²) < 4.78 is 6.96. The van der Waals surface area contributed by atoms with Gasteiger partial charge in [0.15, 0.2) is 5.65 Å². The molecule has 0 aliphatic carbocycles. The van der Waals surface area contributed by atoms with E-state index in [-0.39, 0.29) is 0 Å². The van der Waals surface area contributed by atoms with Crippen LogP contribution in [0, 0.1) is 0 Å². The lowest BCUT2D eigenvalue weighted by atomic mass is 10.1. The molecule has 0 spiro atoms. The Kier molecular flexibility index (Phi) is 7.19. The number of nitrogens with zero attached hydrogens (tertiary/aromatic N) is 3. The molecule has 0 unspecified atom stereocenters. The predicted molar refractivity (Wildman–Crippen MR) is 110 cm³/mol. The summed E-state index contributed by atoms with van der Waals surface area (Å²) in [5.74, 6) is 0.886. The molecule has 3 aromatic rings. The zero-order valence-electron chi connectivity index (χ0n) is 16.2. The fourth-order valence-corrected chi connectivity index (χ4v) is 2.96. The van der Waals surface area contributed by atoms with E-state index in [1.165, 1.54) is 18.4 Å². The third-order valence-electron chi connectivity index (χ3n) is 4.51. The summed E-state index contributed by atoms with van der Waals surface area (Å²) in [4.78, 5) is 4.48. The Balaban J connectivity index is 1.70. The van der Waals surface area contributed by atoms with Crippen LogP contribution in [0.4, 0.5) is 5.82 Å². The number of ether oxygens (including phenoxy) is 1. The Morgan fingerprint density at radius 3 is 2.67 bits per heavy atom. The van der Waals surface area contributed by atoms with E-state index in [1.807, 2.05) is 22.8 Å². The second-order valence-electron chi connectivity index (χ2n) is 6.63. The first-order valence-electron chi connectivity index (χ1n) is 9.69. The van der Waals surface area contributed by atoms with Gasteiger partial charge < -0.3 is 15.4 Å². The molecule has 2 N–H and O–H groups in total. The molecule has 144 valence electrons. The lowest BCUT2D eigenvalue weighted by Gasteiger charge is -2.08. The van der Waals surface area contributed by atoms with Gasteiger partial charge in [-0.3, -0.25) is 0 Å². The molecule has 0 bridgehead atoms. The molecule has 0 aliphatic rings. The summed E-state index contributed by atoms with van der Waals surface area (Å²) in [5, 5.41) is 11.5. The third-order valence-corrected chi connectivity index (χ3v) is 4.51. The molecular weight excluding hydrogens is 338 g/mol. The molecular formula is C21H29N5O. The zero-order valence-corrected chi connectivity index (χ0v) is 16.2. The van der Waals surface area contributed by atoms with E-state index < -0.39 is 0 Å². The molecule has 6 nitrogen and oxygen atoms in total. The maximum absolute atomic E-state index is 5.05. The average Bonchev–Trinajstić information content (AvgIpc) is 3.12. The van der Waals surface area contributed by atoms with E-state index in [9.17, 15) is 0 Å². The van der Waals surface area contributed by atoms with E-state index in [2.05, 4.69) is 46.8 Å². The Morgan fingerprint density at radius 2 is 1.89 bits per heavy atom. The predicted octanol–water partition coefficient (Wildman–Crippen LogP) is 3.73. The van der Waals surface area contributed by atoms with E-state index in [0.717, 1.165) is 55.4 Å². The highest BCUT2D eigenvalue weighted by Gasteiger charge is 2.08. The van der Waals surface area contributed by atoms with Crippen LogP contribution in [0.2, 0.25) is 0 Å². The maximum Gasteiger partial charge on any atom is 0.154 e. The van der Waals surface area contributed by atoms with E-state index in [4.69, 9.17) is 9.84 Å². The Bertz CT molecular complexity index is 828. The van der Waals surface area contributed by atoms with Gasteiger partial charge in [-0.05, 0) is 24.1 Å². The number of anilines is 1. The van der Waals surface area contributed by atoms with Crippen molar-refractivity contribution in [2.75, 3.05) is 32.1 Å². The number of rotatable bonds is 11. The molecule has 0 saturated heterocycles. The average molecular weight is 367 g/mol. The number of hydrogen-bond donors (Lipinski definition) is 2. The van der Waals surface area contributed by atoms with Gasteiger partial charge in [-0.2, -0.15) is 0 Å². The van der Waals surface area contributed by atoms with Crippen molar-refractivity contribution >= 4 is 11.5 Å². The number of nitrogens with one attached hydrogen (secondary N) is 2. The van der Waals surface area contributed by atoms with Crippen molar-refractivity contribution in [2.45, 2.75) is 32.7 Å². The molecule has 2 aromatic heterocycles. The molecule has 0 amide bonds. The number of hydrogen-bond acceptors (Lipinski definition) is 5. The van der Waals surface area contributed by atoms with Gasteiger partial charge in [0.2, 0.25) is 0 Å². The SMILES string of the molecule is CCCCCNc1ccc2ncc(-c3ccc(CNCCOC)cc3)n2n1. The first kappa shape index (κ1) is 19.3. The number of fused-ring (bicyclic) bond motifs is 1.